The van der Waals surface area contributed by atoms with Gasteiger partial charge >= 0.3 is 5.97 Å². The average Bonchev–Trinajstić information content (AvgIpc) is 2.74. The standard InChI is InChI=1S/C23H29ClN2O5/c1-31-22(30)19(11-27)26-20(28)16-2-3-18(24)17(7-16)21(29)25-12-23-8-13-4-14(9-23)6-15(5-13)10-23/h2-3,7,13-15,19,27H,4-6,8-12H2,1H3,(H,25,29)(H,26,28)/t13?,14?,15?,19-,23?/m0/s1. The van der Waals surface area contributed by atoms with Crippen LogP contribution < -0.4 is 10.6 Å². The molecule has 1 aromatic carbocycles. The first-order chi connectivity index (χ1) is 14.8. The topological polar surface area (TPSA) is 105 Å². The number of benzene rings is 1. The lowest BCUT2D eigenvalue weighted by molar-refractivity contribution is -0.143. The number of nitrogens with one attached hydrogen (secondary N) is 2. The zero-order chi connectivity index (χ0) is 22.2. The second-order valence-corrected chi connectivity index (χ2v) is 9.93. The summed E-state index contributed by atoms with van der Waals surface area (Å²) in [6, 6.07) is 3.20. The van der Waals surface area contributed by atoms with E-state index in [1.54, 1.807) is 0 Å². The maximum absolute atomic E-state index is 12.9. The van der Waals surface area contributed by atoms with Crippen LogP contribution in [0.4, 0.5) is 0 Å². The molecule has 5 rings (SSSR count). The Balaban J connectivity index is 1.42. The van der Waals surface area contributed by atoms with Gasteiger partial charge in [0.2, 0.25) is 0 Å². The van der Waals surface area contributed by atoms with Gasteiger partial charge < -0.3 is 20.5 Å². The Morgan fingerprint density at radius 2 is 1.74 bits per heavy atom. The number of amides is 2. The Morgan fingerprint density at radius 1 is 1.13 bits per heavy atom. The van der Waals surface area contributed by atoms with Gasteiger partial charge in [0, 0.05) is 12.1 Å². The van der Waals surface area contributed by atoms with Crippen LogP contribution >= 0.6 is 11.6 Å². The molecule has 2 amide bonds. The largest absolute Gasteiger partial charge is 0.467 e. The molecule has 8 heteroatoms. The van der Waals surface area contributed by atoms with Crippen LogP contribution in [0.5, 0.6) is 0 Å². The van der Waals surface area contributed by atoms with Gasteiger partial charge in [-0.1, -0.05) is 11.6 Å². The normalized spacial score (nSPS) is 29.3. The SMILES string of the molecule is COC(=O)[C@H](CO)NC(=O)c1ccc(Cl)c(C(=O)NCC23CC4CC(CC(C4)C2)C3)c1. The van der Waals surface area contributed by atoms with E-state index in [0.29, 0.717) is 6.54 Å². The fourth-order valence-corrected chi connectivity index (χ4v) is 6.48. The molecule has 0 spiro atoms. The van der Waals surface area contributed by atoms with E-state index < -0.39 is 24.5 Å². The van der Waals surface area contributed by atoms with Crippen LogP contribution in [0.2, 0.25) is 5.02 Å². The van der Waals surface area contributed by atoms with E-state index in [9.17, 15) is 19.5 Å². The quantitative estimate of drug-likeness (QED) is 0.556. The Bertz CT molecular complexity index is 851. The van der Waals surface area contributed by atoms with Gasteiger partial charge in [-0.15, -0.1) is 0 Å². The third-order valence-corrected chi connectivity index (χ3v) is 7.57. The summed E-state index contributed by atoms with van der Waals surface area (Å²) in [5, 5.41) is 15.0. The minimum atomic E-state index is -1.18. The number of hydrogen-bond acceptors (Lipinski definition) is 5. The predicted octanol–water partition coefficient (Wildman–Crippen LogP) is 2.55. The Hall–Kier alpha value is -2.12. The summed E-state index contributed by atoms with van der Waals surface area (Å²) in [4.78, 5) is 37.0. The van der Waals surface area contributed by atoms with Crippen molar-refractivity contribution in [2.45, 2.75) is 44.6 Å². The van der Waals surface area contributed by atoms with Gasteiger partial charge in [0.25, 0.3) is 11.8 Å². The Morgan fingerprint density at radius 3 is 2.29 bits per heavy atom. The molecule has 168 valence electrons. The summed E-state index contributed by atoms with van der Waals surface area (Å²) in [6.07, 6.45) is 7.59. The zero-order valence-corrected chi connectivity index (χ0v) is 18.4. The highest BCUT2D eigenvalue weighted by molar-refractivity contribution is 6.34. The van der Waals surface area contributed by atoms with E-state index in [1.807, 2.05) is 0 Å². The highest BCUT2D eigenvalue weighted by Crippen LogP contribution is 2.59. The van der Waals surface area contributed by atoms with Gasteiger partial charge in [-0.2, -0.15) is 0 Å². The predicted molar refractivity (Wildman–Crippen MR) is 115 cm³/mol. The molecule has 4 fully saturated rings. The fourth-order valence-electron chi connectivity index (χ4n) is 6.27. The van der Waals surface area contributed by atoms with Gasteiger partial charge in [0.05, 0.1) is 24.3 Å². The van der Waals surface area contributed by atoms with Crippen molar-refractivity contribution in [3.8, 4) is 0 Å². The van der Waals surface area contributed by atoms with Crippen LogP contribution in [0.25, 0.3) is 0 Å². The number of methoxy groups -OCH3 is 1. The molecule has 4 saturated carbocycles. The lowest BCUT2D eigenvalue weighted by Gasteiger charge is -2.56. The van der Waals surface area contributed by atoms with Crippen LogP contribution in [0.1, 0.15) is 59.2 Å². The number of carbonyl (C=O) groups is 3. The van der Waals surface area contributed by atoms with E-state index >= 15 is 0 Å². The molecule has 31 heavy (non-hydrogen) atoms. The molecular weight excluding hydrogens is 420 g/mol. The number of rotatable bonds is 7. The second-order valence-electron chi connectivity index (χ2n) is 9.53. The first-order valence-electron chi connectivity index (χ1n) is 10.9. The number of carbonyl (C=O) groups excluding carboxylic acids is 3. The lowest BCUT2D eigenvalue weighted by Crippen LogP contribution is -2.51. The van der Waals surface area contributed by atoms with E-state index in [-0.39, 0.29) is 27.5 Å². The van der Waals surface area contributed by atoms with Crippen molar-refractivity contribution in [2.75, 3.05) is 20.3 Å². The van der Waals surface area contributed by atoms with Gasteiger partial charge in [-0.05, 0) is 79.9 Å². The number of ether oxygens (including phenoxy) is 1. The number of hydrogen-bond donors (Lipinski definition) is 3. The number of halogens is 1. The minimum absolute atomic E-state index is 0.173. The van der Waals surface area contributed by atoms with Crippen LogP contribution in [0.3, 0.4) is 0 Å². The molecule has 4 aliphatic rings. The van der Waals surface area contributed by atoms with Crippen LogP contribution in [-0.4, -0.2) is 49.2 Å². The molecule has 4 bridgehead atoms. The summed E-state index contributed by atoms with van der Waals surface area (Å²) < 4.78 is 4.55. The first kappa shape index (κ1) is 22.1. The molecule has 0 heterocycles. The van der Waals surface area contributed by atoms with Crippen LogP contribution in [0, 0.1) is 23.2 Å². The van der Waals surface area contributed by atoms with Gasteiger partial charge in [0.15, 0.2) is 6.04 Å². The van der Waals surface area contributed by atoms with Crippen molar-refractivity contribution in [2.24, 2.45) is 23.2 Å². The maximum atomic E-state index is 12.9. The van der Waals surface area contributed by atoms with Crippen molar-refractivity contribution in [3.63, 3.8) is 0 Å². The molecule has 0 radical (unpaired) electrons. The van der Waals surface area contributed by atoms with Crippen molar-refractivity contribution in [1.29, 1.82) is 0 Å². The maximum Gasteiger partial charge on any atom is 0.330 e. The summed E-state index contributed by atoms with van der Waals surface area (Å²) in [5.41, 5.74) is 0.588. The third kappa shape index (κ3) is 4.58. The van der Waals surface area contributed by atoms with E-state index in [4.69, 9.17) is 11.6 Å². The van der Waals surface area contributed by atoms with Crippen molar-refractivity contribution < 1.29 is 24.2 Å². The first-order valence-corrected chi connectivity index (χ1v) is 11.3. The summed E-state index contributed by atoms with van der Waals surface area (Å²) in [5.74, 6) is 0.741. The number of aliphatic hydroxyl groups is 1. The zero-order valence-electron chi connectivity index (χ0n) is 17.7. The van der Waals surface area contributed by atoms with E-state index in [2.05, 4.69) is 15.4 Å². The summed E-state index contributed by atoms with van der Waals surface area (Å²) >= 11 is 6.25. The minimum Gasteiger partial charge on any atom is -0.467 e. The number of esters is 1. The van der Waals surface area contributed by atoms with E-state index in [0.717, 1.165) is 17.8 Å². The molecule has 0 saturated heterocycles. The van der Waals surface area contributed by atoms with Crippen molar-refractivity contribution in [1.82, 2.24) is 10.6 Å². The molecule has 0 aliphatic heterocycles. The summed E-state index contributed by atoms with van der Waals surface area (Å²) in [7, 11) is 1.17. The molecule has 7 nitrogen and oxygen atoms in total. The monoisotopic (exact) mass is 448 g/mol. The molecule has 3 N–H and O–H groups in total. The van der Waals surface area contributed by atoms with Gasteiger partial charge in [-0.25, -0.2) is 4.79 Å². The molecular formula is C23H29ClN2O5. The van der Waals surface area contributed by atoms with Gasteiger partial charge in [0.1, 0.15) is 0 Å². The Labute approximate surface area is 186 Å². The molecule has 4 aliphatic carbocycles. The number of aliphatic hydroxyl groups excluding tert-OH is 1. The summed E-state index contributed by atoms with van der Waals surface area (Å²) in [6.45, 7) is 0.0431. The molecule has 0 unspecified atom stereocenters. The van der Waals surface area contributed by atoms with Crippen LogP contribution in [0.15, 0.2) is 18.2 Å². The second kappa shape index (κ2) is 8.79. The fraction of sp³-hybridized carbons (Fsp3) is 0.609. The van der Waals surface area contributed by atoms with Gasteiger partial charge in [-0.3, -0.25) is 9.59 Å². The van der Waals surface area contributed by atoms with Crippen molar-refractivity contribution in [3.05, 3.63) is 34.3 Å². The molecule has 1 atom stereocenters. The smallest absolute Gasteiger partial charge is 0.330 e. The van der Waals surface area contributed by atoms with E-state index in [1.165, 1.54) is 63.8 Å². The Kier molecular flexibility index (Phi) is 6.26. The average molecular weight is 449 g/mol. The van der Waals surface area contributed by atoms with Crippen molar-refractivity contribution >= 4 is 29.4 Å². The van der Waals surface area contributed by atoms with Crippen LogP contribution in [-0.2, 0) is 9.53 Å². The molecule has 1 aromatic rings. The highest BCUT2D eigenvalue weighted by Gasteiger charge is 2.50. The lowest BCUT2D eigenvalue weighted by atomic mass is 9.49. The highest BCUT2D eigenvalue weighted by atomic mass is 35.5. The molecule has 0 aromatic heterocycles. The third-order valence-electron chi connectivity index (χ3n) is 7.24.